The molecule has 5 nitrogen and oxygen atoms in total. The van der Waals surface area contributed by atoms with Gasteiger partial charge in [0.15, 0.2) is 0 Å². The molecule has 1 aliphatic heterocycles. The van der Waals surface area contributed by atoms with E-state index < -0.39 is 5.82 Å². The van der Waals surface area contributed by atoms with Gasteiger partial charge in [0.25, 0.3) is 11.8 Å². The number of rotatable bonds is 4. The summed E-state index contributed by atoms with van der Waals surface area (Å²) < 4.78 is 13.0. The van der Waals surface area contributed by atoms with Gasteiger partial charge in [-0.15, -0.1) is 0 Å². The Hall–Kier alpha value is -2.89. The zero-order chi connectivity index (χ0) is 18.7. The van der Waals surface area contributed by atoms with Gasteiger partial charge in [-0.3, -0.25) is 9.59 Å². The second-order valence-corrected chi connectivity index (χ2v) is 6.59. The standard InChI is InChI=1S/C20H22FN3O2/c1-23(2)18-10-9-16(13-17(18)20(26)24-11-3-4-12-24)22-19(25)14-5-7-15(21)8-6-14/h5-10,13H,3-4,11-12H2,1-2H3,(H,22,25). The van der Waals surface area contributed by atoms with Gasteiger partial charge in [-0.1, -0.05) is 0 Å². The van der Waals surface area contributed by atoms with Crippen LogP contribution in [0.1, 0.15) is 33.6 Å². The molecular weight excluding hydrogens is 333 g/mol. The van der Waals surface area contributed by atoms with Crippen molar-refractivity contribution < 1.29 is 14.0 Å². The maximum Gasteiger partial charge on any atom is 0.256 e. The summed E-state index contributed by atoms with van der Waals surface area (Å²) in [5.41, 5.74) is 2.26. The van der Waals surface area contributed by atoms with Gasteiger partial charge < -0.3 is 15.1 Å². The van der Waals surface area contributed by atoms with E-state index in [9.17, 15) is 14.0 Å². The molecule has 3 rings (SSSR count). The van der Waals surface area contributed by atoms with Crippen LogP contribution >= 0.6 is 0 Å². The Kier molecular flexibility index (Phi) is 5.21. The van der Waals surface area contributed by atoms with Gasteiger partial charge in [0.05, 0.1) is 5.56 Å². The number of nitrogens with one attached hydrogen (secondary N) is 1. The van der Waals surface area contributed by atoms with E-state index in [1.165, 1.54) is 24.3 Å². The van der Waals surface area contributed by atoms with Crippen LogP contribution < -0.4 is 10.2 Å². The van der Waals surface area contributed by atoms with Crippen molar-refractivity contribution in [3.05, 3.63) is 59.4 Å². The van der Waals surface area contributed by atoms with Gasteiger partial charge >= 0.3 is 0 Å². The number of hydrogen-bond donors (Lipinski definition) is 1. The average Bonchev–Trinajstić information content (AvgIpc) is 3.16. The molecule has 0 atom stereocenters. The number of nitrogens with zero attached hydrogens (tertiary/aromatic N) is 2. The first-order valence-electron chi connectivity index (χ1n) is 8.63. The number of benzene rings is 2. The van der Waals surface area contributed by atoms with Gasteiger partial charge in [-0.05, 0) is 55.3 Å². The fraction of sp³-hybridized carbons (Fsp3) is 0.300. The Labute approximate surface area is 152 Å². The second kappa shape index (κ2) is 7.56. The zero-order valence-electron chi connectivity index (χ0n) is 15.0. The van der Waals surface area contributed by atoms with Crippen LogP contribution in [-0.4, -0.2) is 43.9 Å². The van der Waals surface area contributed by atoms with E-state index in [1.807, 2.05) is 30.0 Å². The fourth-order valence-electron chi connectivity index (χ4n) is 3.07. The SMILES string of the molecule is CN(C)c1ccc(NC(=O)c2ccc(F)cc2)cc1C(=O)N1CCCC1. The highest BCUT2D eigenvalue weighted by Crippen LogP contribution is 2.26. The monoisotopic (exact) mass is 355 g/mol. The van der Waals surface area contributed by atoms with Crippen LogP contribution in [0, 0.1) is 5.82 Å². The number of likely N-dealkylation sites (tertiary alicyclic amines) is 1. The van der Waals surface area contributed by atoms with Crippen LogP contribution in [0.5, 0.6) is 0 Å². The molecule has 136 valence electrons. The summed E-state index contributed by atoms with van der Waals surface area (Å²) in [5.74, 6) is -0.762. The Balaban J connectivity index is 1.86. The van der Waals surface area contributed by atoms with Gasteiger partial charge in [-0.25, -0.2) is 4.39 Å². The molecule has 6 heteroatoms. The van der Waals surface area contributed by atoms with Gasteiger partial charge in [0.1, 0.15) is 5.82 Å². The number of anilines is 2. The van der Waals surface area contributed by atoms with E-state index in [1.54, 1.807) is 12.1 Å². The van der Waals surface area contributed by atoms with E-state index >= 15 is 0 Å². The largest absolute Gasteiger partial charge is 0.377 e. The highest BCUT2D eigenvalue weighted by molar-refractivity contribution is 6.06. The molecule has 2 amide bonds. The van der Waals surface area contributed by atoms with Crippen LogP contribution in [0.15, 0.2) is 42.5 Å². The number of carbonyl (C=O) groups is 2. The minimum atomic E-state index is -0.393. The smallest absolute Gasteiger partial charge is 0.256 e. The van der Waals surface area contributed by atoms with E-state index in [2.05, 4.69) is 5.32 Å². The predicted octanol–water partition coefficient (Wildman–Crippen LogP) is 3.38. The number of hydrogen-bond acceptors (Lipinski definition) is 3. The number of halogens is 1. The summed E-state index contributed by atoms with van der Waals surface area (Å²) in [6.07, 6.45) is 2.04. The lowest BCUT2D eigenvalue weighted by atomic mass is 10.1. The molecule has 0 radical (unpaired) electrons. The van der Waals surface area contributed by atoms with E-state index in [4.69, 9.17) is 0 Å². The third kappa shape index (κ3) is 3.85. The molecule has 1 aliphatic rings. The van der Waals surface area contributed by atoms with Gasteiger partial charge in [0.2, 0.25) is 0 Å². The van der Waals surface area contributed by atoms with Crippen LogP contribution in [0.4, 0.5) is 15.8 Å². The summed E-state index contributed by atoms with van der Waals surface area (Å²) in [7, 11) is 3.76. The molecule has 0 aromatic heterocycles. The third-order valence-electron chi connectivity index (χ3n) is 4.47. The molecule has 0 bridgehead atoms. The lowest BCUT2D eigenvalue weighted by molar-refractivity contribution is 0.0793. The molecule has 0 spiro atoms. The minimum Gasteiger partial charge on any atom is -0.377 e. The predicted molar refractivity (Wildman–Crippen MR) is 100 cm³/mol. The van der Waals surface area contributed by atoms with Crippen molar-refractivity contribution >= 4 is 23.2 Å². The molecule has 0 unspecified atom stereocenters. The zero-order valence-corrected chi connectivity index (χ0v) is 15.0. The summed E-state index contributed by atoms with van der Waals surface area (Å²) in [4.78, 5) is 28.9. The normalized spacial score (nSPS) is 13.6. The van der Waals surface area contributed by atoms with Crippen molar-refractivity contribution in [3.8, 4) is 0 Å². The maximum atomic E-state index is 13.0. The van der Waals surface area contributed by atoms with Crippen LogP contribution in [0.25, 0.3) is 0 Å². The molecule has 0 saturated carbocycles. The Morgan fingerprint density at radius 2 is 1.69 bits per heavy atom. The maximum absolute atomic E-state index is 13.0. The van der Waals surface area contributed by atoms with Crippen molar-refractivity contribution in [1.29, 1.82) is 0 Å². The summed E-state index contributed by atoms with van der Waals surface area (Å²) in [6.45, 7) is 1.52. The van der Waals surface area contributed by atoms with Gasteiger partial charge in [0, 0.05) is 44.1 Å². The molecule has 2 aromatic carbocycles. The molecule has 0 aliphatic carbocycles. The highest BCUT2D eigenvalue weighted by atomic mass is 19.1. The lowest BCUT2D eigenvalue weighted by Gasteiger charge is -2.22. The highest BCUT2D eigenvalue weighted by Gasteiger charge is 2.23. The number of carbonyl (C=O) groups excluding carboxylic acids is 2. The molecule has 1 N–H and O–H groups in total. The van der Waals surface area contributed by atoms with Crippen molar-refractivity contribution in [2.24, 2.45) is 0 Å². The molecule has 1 saturated heterocycles. The lowest BCUT2D eigenvalue weighted by Crippen LogP contribution is -2.29. The summed E-state index contributed by atoms with van der Waals surface area (Å²) in [5, 5.41) is 2.78. The molecule has 2 aromatic rings. The van der Waals surface area contributed by atoms with E-state index in [0.29, 0.717) is 16.8 Å². The first-order chi connectivity index (χ1) is 12.5. The topological polar surface area (TPSA) is 52.7 Å². The van der Waals surface area contributed by atoms with Crippen LogP contribution in [-0.2, 0) is 0 Å². The third-order valence-corrected chi connectivity index (χ3v) is 4.47. The van der Waals surface area contributed by atoms with Crippen LogP contribution in [0.3, 0.4) is 0 Å². The quantitative estimate of drug-likeness (QED) is 0.915. The van der Waals surface area contributed by atoms with Crippen molar-refractivity contribution in [2.75, 3.05) is 37.4 Å². The van der Waals surface area contributed by atoms with Crippen molar-refractivity contribution in [3.63, 3.8) is 0 Å². The second-order valence-electron chi connectivity index (χ2n) is 6.59. The number of amides is 2. The summed E-state index contributed by atoms with van der Waals surface area (Å²) >= 11 is 0. The van der Waals surface area contributed by atoms with E-state index in [-0.39, 0.29) is 11.8 Å². The summed E-state index contributed by atoms with van der Waals surface area (Å²) in [6, 6.07) is 10.6. The Morgan fingerprint density at radius 1 is 1.04 bits per heavy atom. The fourth-order valence-corrected chi connectivity index (χ4v) is 3.07. The first kappa shape index (κ1) is 17.9. The molecule has 1 heterocycles. The van der Waals surface area contributed by atoms with E-state index in [0.717, 1.165) is 31.6 Å². The van der Waals surface area contributed by atoms with Crippen molar-refractivity contribution in [1.82, 2.24) is 4.90 Å². The minimum absolute atomic E-state index is 0.0240. The Bertz CT molecular complexity index is 812. The first-order valence-corrected chi connectivity index (χ1v) is 8.63. The van der Waals surface area contributed by atoms with Crippen molar-refractivity contribution in [2.45, 2.75) is 12.8 Å². The molecular formula is C20H22FN3O2. The van der Waals surface area contributed by atoms with Crippen LogP contribution in [0.2, 0.25) is 0 Å². The Morgan fingerprint density at radius 3 is 2.31 bits per heavy atom. The molecule has 1 fully saturated rings. The average molecular weight is 355 g/mol. The van der Waals surface area contributed by atoms with Gasteiger partial charge in [-0.2, -0.15) is 0 Å². The molecule has 26 heavy (non-hydrogen) atoms.